The highest BCUT2D eigenvalue weighted by Gasteiger charge is 2.12. The Labute approximate surface area is 159 Å². The van der Waals surface area contributed by atoms with E-state index in [1.165, 1.54) is 24.6 Å². The highest BCUT2D eigenvalue weighted by atomic mass is 16.2. The molecule has 0 saturated carbocycles. The quantitative estimate of drug-likeness (QED) is 0.789. The van der Waals surface area contributed by atoms with Gasteiger partial charge in [0.15, 0.2) is 0 Å². The van der Waals surface area contributed by atoms with Crippen molar-refractivity contribution in [2.45, 2.75) is 33.1 Å². The summed E-state index contributed by atoms with van der Waals surface area (Å²) in [6.07, 6.45) is 3.18. The van der Waals surface area contributed by atoms with Crippen molar-refractivity contribution in [1.82, 2.24) is 0 Å². The highest BCUT2D eigenvalue weighted by Crippen LogP contribution is 2.23. The Morgan fingerprint density at radius 3 is 2.26 bits per heavy atom. The number of rotatable bonds is 4. The third-order valence-electron chi connectivity index (χ3n) is 3.92. The van der Waals surface area contributed by atoms with Crippen LogP contribution in [0.25, 0.3) is 6.08 Å². The molecule has 27 heavy (non-hydrogen) atoms. The summed E-state index contributed by atoms with van der Waals surface area (Å²) >= 11 is 0. The first kappa shape index (κ1) is 19.9. The summed E-state index contributed by atoms with van der Waals surface area (Å²) in [5, 5.41) is 14.5. The van der Waals surface area contributed by atoms with Gasteiger partial charge in [0.1, 0.15) is 6.07 Å². The van der Waals surface area contributed by atoms with Gasteiger partial charge in [0.25, 0.3) is 0 Å². The molecule has 2 aromatic carbocycles. The molecule has 0 heterocycles. The average Bonchev–Trinajstić information content (AvgIpc) is 2.60. The van der Waals surface area contributed by atoms with E-state index in [2.05, 4.69) is 43.5 Å². The van der Waals surface area contributed by atoms with E-state index >= 15 is 0 Å². The molecule has 0 spiro atoms. The lowest BCUT2D eigenvalue weighted by Crippen LogP contribution is -2.10. The summed E-state index contributed by atoms with van der Waals surface area (Å²) in [5.74, 6) is -0.560. The van der Waals surface area contributed by atoms with E-state index in [-0.39, 0.29) is 22.8 Å². The molecule has 5 heteroatoms. The van der Waals surface area contributed by atoms with Gasteiger partial charge in [-0.05, 0) is 40.8 Å². The second kappa shape index (κ2) is 8.33. The normalized spacial score (nSPS) is 11.1. The van der Waals surface area contributed by atoms with Crippen molar-refractivity contribution in [3.8, 4) is 6.07 Å². The van der Waals surface area contributed by atoms with Crippen LogP contribution < -0.4 is 10.6 Å². The number of carbonyl (C=O) groups excluding carboxylic acids is 2. The molecule has 0 fully saturated rings. The topological polar surface area (TPSA) is 82.0 Å². The van der Waals surface area contributed by atoms with Crippen LogP contribution in [0.2, 0.25) is 0 Å². The molecule has 0 aliphatic rings. The van der Waals surface area contributed by atoms with Gasteiger partial charge >= 0.3 is 0 Å². The van der Waals surface area contributed by atoms with E-state index in [0.29, 0.717) is 11.4 Å². The predicted molar refractivity (Wildman–Crippen MR) is 108 cm³/mol. The molecule has 0 bridgehead atoms. The Bertz CT molecular complexity index is 914. The molecule has 5 nitrogen and oxygen atoms in total. The van der Waals surface area contributed by atoms with Crippen molar-refractivity contribution in [3.63, 3.8) is 0 Å². The number of nitriles is 1. The molecule has 2 rings (SSSR count). The maximum atomic E-state index is 12.1. The Morgan fingerprint density at radius 2 is 1.70 bits per heavy atom. The first-order chi connectivity index (χ1) is 12.7. The number of carbonyl (C=O) groups is 2. The third kappa shape index (κ3) is 5.82. The fraction of sp³-hybridized carbons (Fsp3) is 0.227. The van der Waals surface area contributed by atoms with Crippen LogP contribution >= 0.6 is 0 Å². The second-order valence-corrected chi connectivity index (χ2v) is 7.25. The summed E-state index contributed by atoms with van der Waals surface area (Å²) in [4.78, 5) is 23.3. The van der Waals surface area contributed by atoms with Crippen molar-refractivity contribution in [2.75, 3.05) is 10.6 Å². The lowest BCUT2D eigenvalue weighted by molar-refractivity contribution is -0.114. The molecule has 0 radical (unpaired) electrons. The lowest BCUT2D eigenvalue weighted by Gasteiger charge is -2.18. The van der Waals surface area contributed by atoms with Crippen molar-refractivity contribution < 1.29 is 9.59 Å². The first-order valence-corrected chi connectivity index (χ1v) is 8.60. The minimum absolute atomic E-state index is 0.0848. The van der Waals surface area contributed by atoms with Gasteiger partial charge in [-0.2, -0.15) is 5.26 Å². The number of hydrogen-bond donors (Lipinski definition) is 2. The van der Waals surface area contributed by atoms with Crippen LogP contribution in [-0.4, -0.2) is 11.8 Å². The Balaban J connectivity index is 2.06. The summed E-state index contributed by atoms with van der Waals surface area (Å²) in [6, 6.07) is 14.8. The number of nitrogens with zero attached hydrogens (tertiary/aromatic N) is 1. The van der Waals surface area contributed by atoms with Gasteiger partial charge in [-0.25, -0.2) is 0 Å². The Kier molecular flexibility index (Phi) is 6.15. The Hall–Kier alpha value is -3.39. The van der Waals surface area contributed by atoms with Crippen LogP contribution in [0.1, 0.15) is 44.4 Å². The molecule has 0 aliphatic heterocycles. The summed E-state index contributed by atoms with van der Waals surface area (Å²) in [7, 11) is 0. The molecule has 2 N–H and O–H groups in total. The van der Waals surface area contributed by atoms with Gasteiger partial charge in [-0.1, -0.05) is 45.0 Å². The minimum atomic E-state index is -0.300. The van der Waals surface area contributed by atoms with Crippen LogP contribution in [0.4, 0.5) is 11.4 Å². The van der Waals surface area contributed by atoms with Gasteiger partial charge in [-0.3, -0.25) is 9.59 Å². The zero-order valence-corrected chi connectivity index (χ0v) is 16.0. The van der Waals surface area contributed by atoms with Crippen LogP contribution in [-0.2, 0) is 15.0 Å². The number of nitrogens with one attached hydrogen (secondary N) is 2. The van der Waals surface area contributed by atoms with E-state index in [1.54, 1.807) is 18.2 Å². The second-order valence-electron chi connectivity index (χ2n) is 7.25. The van der Waals surface area contributed by atoms with Crippen LogP contribution in [0.15, 0.2) is 48.5 Å². The zero-order valence-electron chi connectivity index (χ0n) is 16.0. The van der Waals surface area contributed by atoms with E-state index in [1.807, 2.05) is 18.2 Å². The van der Waals surface area contributed by atoms with Crippen LogP contribution in [0.5, 0.6) is 0 Å². The van der Waals surface area contributed by atoms with E-state index < -0.39 is 0 Å². The molecule has 0 aliphatic carbocycles. The number of hydrogen-bond acceptors (Lipinski definition) is 3. The van der Waals surface area contributed by atoms with Crippen molar-refractivity contribution in [1.29, 1.82) is 5.26 Å². The van der Waals surface area contributed by atoms with Gasteiger partial charge < -0.3 is 10.6 Å². The summed E-state index contributed by atoms with van der Waals surface area (Å²) in [6.45, 7) is 7.82. The average molecular weight is 361 g/mol. The lowest BCUT2D eigenvalue weighted by atomic mass is 9.87. The molecule has 138 valence electrons. The standard InChI is InChI=1S/C22H23N3O2/c1-15(26)24-20-11-10-19(13-17(20)14-23)25-21(27)12-7-16-5-8-18(9-6-16)22(2,3)4/h5-13H,1-4H3,(H,24,26)(H,25,27). The van der Waals surface area contributed by atoms with Gasteiger partial charge in [0.05, 0.1) is 11.3 Å². The van der Waals surface area contributed by atoms with Crippen molar-refractivity contribution in [2.24, 2.45) is 0 Å². The van der Waals surface area contributed by atoms with E-state index in [9.17, 15) is 14.9 Å². The predicted octanol–water partition coefficient (Wildman–Crippen LogP) is 4.47. The van der Waals surface area contributed by atoms with Crippen molar-refractivity contribution >= 4 is 29.3 Å². The van der Waals surface area contributed by atoms with Gasteiger partial charge in [-0.15, -0.1) is 0 Å². The number of benzene rings is 2. The first-order valence-electron chi connectivity index (χ1n) is 8.60. The monoisotopic (exact) mass is 361 g/mol. The fourth-order valence-corrected chi connectivity index (χ4v) is 2.46. The Morgan fingerprint density at radius 1 is 1.04 bits per heavy atom. The molecule has 2 amide bonds. The largest absolute Gasteiger partial charge is 0.325 e. The summed E-state index contributed by atoms with van der Waals surface area (Å²) < 4.78 is 0. The van der Waals surface area contributed by atoms with Gasteiger partial charge in [0, 0.05) is 18.7 Å². The van der Waals surface area contributed by atoms with Crippen molar-refractivity contribution in [3.05, 3.63) is 65.2 Å². The minimum Gasteiger partial charge on any atom is -0.325 e. The van der Waals surface area contributed by atoms with E-state index in [4.69, 9.17) is 0 Å². The summed E-state index contributed by atoms with van der Waals surface area (Å²) in [5.41, 5.74) is 3.42. The molecular weight excluding hydrogens is 338 g/mol. The van der Waals surface area contributed by atoms with Crippen LogP contribution in [0.3, 0.4) is 0 Å². The molecule has 0 atom stereocenters. The number of amides is 2. The SMILES string of the molecule is CC(=O)Nc1ccc(NC(=O)C=Cc2ccc(C(C)(C)C)cc2)cc1C#N. The molecule has 2 aromatic rings. The highest BCUT2D eigenvalue weighted by molar-refractivity contribution is 6.02. The maximum Gasteiger partial charge on any atom is 0.248 e. The molecule has 0 saturated heterocycles. The third-order valence-corrected chi connectivity index (χ3v) is 3.92. The molecule has 0 unspecified atom stereocenters. The molecular formula is C22H23N3O2. The smallest absolute Gasteiger partial charge is 0.248 e. The zero-order chi connectivity index (χ0) is 20.0. The fourth-order valence-electron chi connectivity index (χ4n) is 2.46. The van der Waals surface area contributed by atoms with Crippen LogP contribution in [0, 0.1) is 11.3 Å². The number of anilines is 2. The van der Waals surface area contributed by atoms with Gasteiger partial charge in [0.2, 0.25) is 11.8 Å². The maximum absolute atomic E-state index is 12.1. The molecule has 0 aromatic heterocycles. The van der Waals surface area contributed by atoms with E-state index in [0.717, 1.165) is 5.56 Å².